The number of benzene rings is 2. The van der Waals surface area contributed by atoms with Crippen LogP contribution in [0.4, 0.5) is 4.79 Å². The molecular formula is C27H34N2O5. The normalized spacial score (nSPS) is 18.8. The molecule has 1 N–H and O–H groups in total. The van der Waals surface area contributed by atoms with Gasteiger partial charge in [0.15, 0.2) is 0 Å². The molecule has 1 heterocycles. The van der Waals surface area contributed by atoms with Crippen molar-refractivity contribution in [3.8, 4) is 0 Å². The van der Waals surface area contributed by atoms with E-state index >= 15 is 0 Å². The lowest BCUT2D eigenvalue weighted by atomic mass is 9.96. The molecule has 34 heavy (non-hydrogen) atoms. The van der Waals surface area contributed by atoms with Crippen molar-refractivity contribution in [2.24, 2.45) is 5.92 Å². The quantitative estimate of drug-likeness (QED) is 0.621. The van der Waals surface area contributed by atoms with Crippen LogP contribution in [0.25, 0.3) is 0 Å². The van der Waals surface area contributed by atoms with E-state index in [1.54, 1.807) is 27.7 Å². The van der Waals surface area contributed by atoms with Gasteiger partial charge in [-0.2, -0.15) is 0 Å². The van der Waals surface area contributed by atoms with Crippen molar-refractivity contribution < 1.29 is 23.9 Å². The molecule has 2 aromatic rings. The number of hydrogen-bond donors (Lipinski definition) is 1. The number of nitrogens with zero attached hydrogens (tertiary/aromatic N) is 1. The van der Waals surface area contributed by atoms with Gasteiger partial charge in [-0.3, -0.25) is 9.69 Å². The topological polar surface area (TPSA) is 84.9 Å². The van der Waals surface area contributed by atoms with Gasteiger partial charge in [-0.25, -0.2) is 9.59 Å². The first kappa shape index (κ1) is 25.3. The largest absolute Gasteiger partial charge is 0.459 e. The van der Waals surface area contributed by atoms with E-state index in [0.29, 0.717) is 13.0 Å². The van der Waals surface area contributed by atoms with Crippen molar-refractivity contribution in [2.75, 3.05) is 6.54 Å². The third-order valence-electron chi connectivity index (χ3n) is 5.62. The van der Waals surface area contributed by atoms with Gasteiger partial charge in [-0.1, -0.05) is 60.7 Å². The zero-order valence-corrected chi connectivity index (χ0v) is 20.3. The molecular weight excluding hydrogens is 432 g/mol. The SMILES string of the molecule is C[C@H](NC(=O)[C@H]1C[C@H](Cc2ccccc2)CN1C(=O)OC(C)(C)C)C(=O)OCc1ccccc1. The van der Waals surface area contributed by atoms with E-state index in [0.717, 1.165) is 17.5 Å². The lowest BCUT2D eigenvalue weighted by molar-refractivity contribution is -0.149. The van der Waals surface area contributed by atoms with Crippen molar-refractivity contribution >= 4 is 18.0 Å². The Bertz CT molecular complexity index is 972. The molecule has 7 heteroatoms. The highest BCUT2D eigenvalue weighted by Gasteiger charge is 2.42. The first-order valence-electron chi connectivity index (χ1n) is 11.7. The fourth-order valence-corrected chi connectivity index (χ4v) is 4.01. The summed E-state index contributed by atoms with van der Waals surface area (Å²) >= 11 is 0. The zero-order valence-electron chi connectivity index (χ0n) is 20.3. The molecule has 1 saturated heterocycles. The van der Waals surface area contributed by atoms with Crippen LogP contribution in [0.3, 0.4) is 0 Å². The van der Waals surface area contributed by atoms with Gasteiger partial charge < -0.3 is 14.8 Å². The van der Waals surface area contributed by atoms with E-state index in [9.17, 15) is 14.4 Å². The highest BCUT2D eigenvalue weighted by molar-refractivity contribution is 5.90. The van der Waals surface area contributed by atoms with Crippen molar-refractivity contribution in [3.05, 3.63) is 71.8 Å². The first-order valence-corrected chi connectivity index (χ1v) is 11.7. The Balaban J connectivity index is 1.64. The molecule has 3 rings (SSSR count). The first-order chi connectivity index (χ1) is 16.1. The molecule has 0 spiro atoms. The van der Waals surface area contributed by atoms with Crippen LogP contribution in [0, 0.1) is 5.92 Å². The minimum absolute atomic E-state index is 0.103. The van der Waals surface area contributed by atoms with Crippen molar-refractivity contribution in [1.29, 1.82) is 0 Å². The molecule has 1 aliphatic rings. The van der Waals surface area contributed by atoms with Crippen LogP contribution in [0.2, 0.25) is 0 Å². The lowest BCUT2D eigenvalue weighted by Crippen LogP contribution is -2.51. The fraction of sp³-hybridized carbons (Fsp3) is 0.444. The second-order valence-electron chi connectivity index (χ2n) is 9.76. The number of esters is 1. The molecule has 0 aromatic heterocycles. The molecule has 2 aromatic carbocycles. The van der Waals surface area contributed by atoms with E-state index in [-0.39, 0.29) is 18.4 Å². The van der Waals surface area contributed by atoms with Crippen LogP contribution in [-0.4, -0.2) is 47.1 Å². The summed E-state index contributed by atoms with van der Waals surface area (Å²) in [6, 6.07) is 17.8. The summed E-state index contributed by atoms with van der Waals surface area (Å²) in [5, 5.41) is 2.73. The summed E-state index contributed by atoms with van der Waals surface area (Å²) in [5.41, 5.74) is 1.34. The average molecular weight is 467 g/mol. The predicted molar refractivity (Wildman–Crippen MR) is 129 cm³/mol. The zero-order chi connectivity index (χ0) is 24.7. The summed E-state index contributed by atoms with van der Waals surface area (Å²) in [4.78, 5) is 39.9. The Morgan fingerprint density at radius 3 is 2.18 bits per heavy atom. The molecule has 0 aliphatic carbocycles. The van der Waals surface area contributed by atoms with E-state index in [2.05, 4.69) is 5.32 Å². The number of carbonyl (C=O) groups excluding carboxylic acids is 3. The van der Waals surface area contributed by atoms with Gasteiger partial charge in [-0.15, -0.1) is 0 Å². The van der Waals surface area contributed by atoms with E-state index in [1.165, 1.54) is 4.90 Å². The third kappa shape index (κ3) is 7.33. The fourth-order valence-electron chi connectivity index (χ4n) is 4.01. The Labute approximate surface area is 201 Å². The van der Waals surface area contributed by atoms with Crippen LogP contribution in [0.15, 0.2) is 60.7 Å². The second-order valence-corrected chi connectivity index (χ2v) is 9.76. The average Bonchev–Trinajstić information content (AvgIpc) is 3.22. The summed E-state index contributed by atoms with van der Waals surface area (Å²) in [5.74, 6) is -0.809. The number of ether oxygens (including phenoxy) is 2. The van der Waals surface area contributed by atoms with Crippen LogP contribution in [-0.2, 0) is 32.1 Å². The van der Waals surface area contributed by atoms with Crippen LogP contribution < -0.4 is 5.32 Å². The summed E-state index contributed by atoms with van der Waals surface area (Å²) < 4.78 is 10.9. The highest BCUT2D eigenvalue weighted by atomic mass is 16.6. The van der Waals surface area contributed by atoms with Gasteiger partial charge in [-0.05, 0) is 57.6 Å². The maximum absolute atomic E-state index is 13.1. The molecule has 1 aliphatic heterocycles. The molecule has 3 atom stereocenters. The van der Waals surface area contributed by atoms with Gasteiger partial charge in [0.25, 0.3) is 0 Å². The molecule has 0 bridgehead atoms. The summed E-state index contributed by atoms with van der Waals surface area (Å²) in [6.07, 6.45) is 0.715. The number of hydrogen-bond acceptors (Lipinski definition) is 5. The smallest absolute Gasteiger partial charge is 0.410 e. The van der Waals surface area contributed by atoms with Gasteiger partial charge in [0.05, 0.1) is 0 Å². The van der Waals surface area contributed by atoms with Gasteiger partial charge >= 0.3 is 12.1 Å². The van der Waals surface area contributed by atoms with Crippen molar-refractivity contribution in [2.45, 2.75) is 64.8 Å². The number of nitrogens with one attached hydrogen (secondary N) is 1. The molecule has 0 unspecified atom stereocenters. The Kier molecular flexibility index (Phi) is 8.31. The van der Waals surface area contributed by atoms with Gasteiger partial charge in [0.2, 0.25) is 5.91 Å². The maximum atomic E-state index is 13.1. The van der Waals surface area contributed by atoms with Crippen LogP contribution >= 0.6 is 0 Å². The number of carbonyl (C=O) groups is 3. The Hall–Kier alpha value is -3.35. The molecule has 0 radical (unpaired) electrons. The monoisotopic (exact) mass is 466 g/mol. The van der Waals surface area contributed by atoms with Crippen molar-refractivity contribution in [1.82, 2.24) is 10.2 Å². The Morgan fingerprint density at radius 1 is 1.00 bits per heavy atom. The number of rotatable bonds is 7. The lowest BCUT2D eigenvalue weighted by Gasteiger charge is -2.28. The number of likely N-dealkylation sites (tertiary alicyclic amines) is 1. The molecule has 2 amide bonds. The molecule has 7 nitrogen and oxygen atoms in total. The highest BCUT2D eigenvalue weighted by Crippen LogP contribution is 2.28. The second kappa shape index (κ2) is 11.2. The van der Waals surface area contributed by atoms with E-state index < -0.39 is 29.7 Å². The minimum atomic E-state index is -0.843. The Morgan fingerprint density at radius 2 is 1.59 bits per heavy atom. The molecule has 0 saturated carbocycles. The summed E-state index contributed by atoms with van der Waals surface area (Å²) in [6.45, 7) is 7.51. The molecule has 182 valence electrons. The summed E-state index contributed by atoms with van der Waals surface area (Å²) in [7, 11) is 0. The number of amides is 2. The van der Waals surface area contributed by atoms with E-state index in [4.69, 9.17) is 9.47 Å². The standard InChI is InChI=1S/C27H34N2O5/c1-19(25(31)33-18-21-13-9-6-10-14-21)28-24(30)23-16-22(15-20-11-7-5-8-12-20)17-29(23)26(32)34-27(2,3)4/h5-14,19,22-23H,15-18H2,1-4H3,(H,28,30)/t19-,22-,23+/m0/s1. The predicted octanol–water partition coefficient (Wildman–Crippen LogP) is 4.10. The van der Waals surface area contributed by atoms with E-state index in [1.807, 2.05) is 60.7 Å². The maximum Gasteiger partial charge on any atom is 0.410 e. The van der Waals surface area contributed by atoms with Crippen molar-refractivity contribution in [3.63, 3.8) is 0 Å². The van der Waals surface area contributed by atoms with Gasteiger partial charge in [0.1, 0.15) is 24.3 Å². The third-order valence-corrected chi connectivity index (χ3v) is 5.62. The van der Waals surface area contributed by atoms with Gasteiger partial charge in [0, 0.05) is 6.54 Å². The minimum Gasteiger partial charge on any atom is -0.459 e. The van der Waals surface area contributed by atoms with Crippen LogP contribution in [0.1, 0.15) is 45.2 Å². The molecule has 1 fully saturated rings. The van der Waals surface area contributed by atoms with Crippen LogP contribution in [0.5, 0.6) is 0 Å².